The van der Waals surface area contributed by atoms with Gasteiger partial charge in [0, 0.05) is 43.7 Å². The molecule has 0 bridgehead atoms. The third kappa shape index (κ3) is 7.02. The predicted molar refractivity (Wildman–Crippen MR) is 154 cm³/mol. The number of nitrogens with one attached hydrogen (secondary N) is 1. The molecule has 10 nitrogen and oxygen atoms in total. The van der Waals surface area contributed by atoms with Crippen molar-refractivity contribution in [1.29, 1.82) is 5.26 Å². The molecule has 1 saturated carbocycles. The lowest BCUT2D eigenvalue weighted by atomic mass is 9.72. The van der Waals surface area contributed by atoms with Crippen LogP contribution >= 0.6 is 11.6 Å². The van der Waals surface area contributed by atoms with Crippen LogP contribution in [0.2, 0.25) is 5.02 Å². The number of piperidine rings is 1. The molecule has 1 aromatic heterocycles. The Morgan fingerprint density at radius 2 is 1.78 bits per heavy atom. The summed E-state index contributed by atoms with van der Waals surface area (Å²) in [5.74, 6) is 1.19. The highest BCUT2D eigenvalue weighted by Crippen LogP contribution is 2.42. The van der Waals surface area contributed by atoms with Crippen molar-refractivity contribution in [1.82, 2.24) is 20.4 Å². The Morgan fingerprint density at radius 3 is 2.37 bits per heavy atom. The SMILES string of the molecule is CC(C)(C)OC(=O)N1CCC2(CC1)CN(c1ccc(C(=O)N[C@H]3CC[C@H](Oc4ccc(C#N)c(Cl)c4)CC3)nn1)C2. The molecule has 3 aliphatic rings. The van der Waals surface area contributed by atoms with Crippen molar-refractivity contribution in [2.45, 2.75) is 77.0 Å². The van der Waals surface area contributed by atoms with Crippen LogP contribution in [-0.4, -0.2) is 71.0 Å². The summed E-state index contributed by atoms with van der Waals surface area (Å²) in [6, 6.07) is 10.8. The number of carbonyl (C=O) groups is 2. The van der Waals surface area contributed by atoms with E-state index >= 15 is 0 Å². The van der Waals surface area contributed by atoms with Gasteiger partial charge in [0.25, 0.3) is 5.91 Å². The largest absolute Gasteiger partial charge is 0.490 e. The monoisotopic (exact) mass is 580 g/mol. The first kappa shape index (κ1) is 28.9. The fraction of sp³-hybridized carbons (Fsp3) is 0.567. The molecule has 3 heterocycles. The van der Waals surface area contributed by atoms with Gasteiger partial charge in [-0.3, -0.25) is 4.79 Å². The van der Waals surface area contributed by atoms with Crippen LogP contribution in [0.5, 0.6) is 5.75 Å². The van der Waals surface area contributed by atoms with Crippen LogP contribution in [0.15, 0.2) is 30.3 Å². The van der Waals surface area contributed by atoms with Crippen LogP contribution < -0.4 is 15.0 Å². The van der Waals surface area contributed by atoms with Gasteiger partial charge >= 0.3 is 6.09 Å². The normalized spacial score (nSPS) is 21.9. The second-order valence-electron chi connectivity index (χ2n) is 12.4. The molecule has 0 radical (unpaired) electrons. The van der Waals surface area contributed by atoms with Crippen molar-refractivity contribution < 1.29 is 19.1 Å². The number of carbonyl (C=O) groups excluding carboxylic acids is 2. The van der Waals surface area contributed by atoms with E-state index in [1.54, 1.807) is 29.2 Å². The molecule has 1 aliphatic carbocycles. The van der Waals surface area contributed by atoms with Crippen molar-refractivity contribution in [3.8, 4) is 11.8 Å². The molecule has 0 atom stereocenters. The van der Waals surface area contributed by atoms with E-state index in [0.717, 1.165) is 57.4 Å². The Labute approximate surface area is 245 Å². The molecule has 1 N–H and O–H groups in total. The molecule has 2 saturated heterocycles. The topological polar surface area (TPSA) is 121 Å². The number of ether oxygens (including phenoxy) is 2. The number of amides is 2. The van der Waals surface area contributed by atoms with E-state index in [4.69, 9.17) is 26.3 Å². The smallest absolute Gasteiger partial charge is 0.410 e. The van der Waals surface area contributed by atoms with Crippen molar-refractivity contribution in [3.63, 3.8) is 0 Å². The van der Waals surface area contributed by atoms with Gasteiger partial charge in [0.05, 0.1) is 16.7 Å². The molecule has 11 heteroatoms. The Bertz CT molecular complexity index is 1300. The molecule has 218 valence electrons. The highest BCUT2D eigenvalue weighted by atomic mass is 35.5. The summed E-state index contributed by atoms with van der Waals surface area (Å²) in [4.78, 5) is 29.2. The molecule has 3 fully saturated rings. The maximum absolute atomic E-state index is 12.8. The molecule has 1 spiro atoms. The summed E-state index contributed by atoms with van der Waals surface area (Å²) in [5, 5.41) is 21.0. The van der Waals surface area contributed by atoms with Crippen molar-refractivity contribution in [2.24, 2.45) is 5.41 Å². The maximum Gasteiger partial charge on any atom is 0.410 e. The first-order valence-electron chi connectivity index (χ1n) is 14.3. The molecule has 1 aromatic carbocycles. The molecule has 2 aromatic rings. The number of likely N-dealkylation sites (tertiary alicyclic amines) is 1. The lowest BCUT2D eigenvalue weighted by Gasteiger charge is -2.54. The van der Waals surface area contributed by atoms with E-state index in [2.05, 4.69) is 20.4 Å². The first-order chi connectivity index (χ1) is 19.5. The van der Waals surface area contributed by atoms with Crippen LogP contribution in [-0.2, 0) is 4.74 Å². The minimum atomic E-state index is -0.487. The predicted octanol–water partition coefficient (Wildman–Crippen LogP) is 4.96. The van der Waals surface area contributed by atoms with Crippen LogP contribution in [0.3, 0.4) is 0 Å². The molecule has 2 amide bonds. The molecule has 0 unspecified atom stereocenters. The second-order valence-corrected chi connectivity index (χ2v) is 12.8. The number of halogens is 1. The van der Waals surface area contributed by atoms with E-state index in [1.165, 1.54) is 0 Å². The summed E-state index contributed by atoms with van der Waals surface area (Å²) in [7, 11) is 0. The van der Waals surface area contributed by atoms with E-state index < -0.39 is 5.60 Å². The summed E-state index contributed by atoms with van der Waals surface area (Å²) >= 11 is 6.11. The number of benzene rings is 1. The van der Waals surface area contributed by atoms with Crippen LogP contribution in [0.1, 0.15) is 75.3 Å². The Balaban J connectivity index is 1.04. The minimum absolute atomic E-state index is 0.0376. The van der Waals surface area contributed by atoms with Crippen LogP contribution in [0.25, 0.3) is 0 Å². The van der Waals surface area contributed by atoms with Gasteiger partial charge in [0.15, 0.2) is 11.5 Å². The fourth-order valence-electron chi connectivity index (χ4n) is 5.78. The lowest BCUT2D eigenvalue weighted by Crippen LogP contribution is -2.61. The number of hydrogen-bond donors (Lipinski definition) is 1. The van der Waals surface area contributed by atoms with Crippen molar-refractivity contribution in [3.05, 3.63) is 46.6 Å². The number of anilines is 1. The Kier molecular flexibility index (Phi) is 8.28. The van der Waals surface area contributed by atoms with E-state index in [1.807, 2.05) is 32.9 Å². The average Bonchev–Trinajstić information content (AvgIpc) is 2.92. The van der Waals surface area contributed by atoms with Crippen LogP contribution in [0, 0.1) is 16.7 Å². The average molecular weight is 581 g/mol. The van der Waals surface area contributed by atoms with Crippen LogP contribution in [0.4, 0.5) is 10.6 Å². The maximum atomic E-state index is 12.8. The molecular formula is C30H37ClN6O4. The van der Waals surface area contributed by atoms with Gasteiger partial charge in [-0.25, -0.2) is 4.79 Å². The van der Waals surface area contributed by atoms with Gasteiger partial charge in [-0.15, -0.1) is 10.2 Å². The van der Waals surface area contributed by atoms with Gasteiger partial charge in [-0.1, -0.05) is 11.6 Å². The highest BCUT2D eigenvalue weighted by molar-refractivity contribution is 6.31. The Hall–Kier alpha value is -3.58. The molecule has 41 heavy (non-hydrogen) atoms. The number of nitriles is 1. The number of aromatic nitrogens is 2. The van der Waals surface area contributed by atoms with Gasteiger partial charge in [0.1, 0.15) is 17.4 Å². The van der Waals surface area contributed by atoms with Gasteiger partial charge in [-0.05, 0) is 83.6 Å². The van der Waals surface area contributed by atoms with Crippen molar-refractivity contribution in [2.75, 3.05) is 31.1 Å². The summed E-state index contributed by atoms with van der Waals surface area (Å²) < 4.78 is 11.6. The molecular weight excluding hydrogens is 544 g/mol. The van der Waals surface area contributed by atoms with Gasteiger partial charge in [0.2, 0.25) is 0 Å². The highest BCUT2D eigenvalue weighted by Gasteiger charge is 2.46. The quantitative estimate of drug-likeness (QED) is 0.527. The summed E-state index contributed by atoms with van der Waals surface area (Å²) in [6.07, 6.45) is 4.88. The number of hydrogen-bond acceptors (Lipinski definition) is 8. The third-order valence-corrected chi connectivity index (χ3v) is 8.42. The zero-order chi connectivity index (χ0) is 29.2. The fourth-order valence-corrected chi connectivity index (χ4v) is 6.00. The Morgan fingerprint density at radius 1 is 1.07 bits per heavy atom. The minimum Gasteiger partial charge on any atom is -0.490 e. The van der Waals surface area contributed by atoms with Gasteiger partial charge in [-0.2, -0.15) is 5.26 Å². The van der Waals surface area contributed by atoms with E-state index in [-0.39, 0.29) is 29.6 Å². The third-order valence-electron chi connectivity index (χ3n) is 8.11. The zero-order valence-corrected chi connectivity index (χ0v) is 24.6. The first-order valence-corrected chi connectivity index (χ1v) is 14.6. The second kappa shape index (κ2) is 11.7. The lowest BCUT2D eigenvalue weighted by molar-refractivity contribution is 0.00586. The summed E-state index contributed by atoms with van der Waals surface area (Å²) in [5.41, 5.74) is 0.428. The standard InChI is InChI=1S/C30H37ClN6O4/c1-29(2,3)41-28(39)36-14-12-30(13-15-36)18-37(19-30)26-11-10-25(34-35-26)27(38)33-21-5-8-22(9-6-21)40-23-7-4-20(17-32)24(31)16-23/h4,7,10-11,16,21-22H,5-6,8-9,12-15,18-19H2,1-3H3,(H,33,38)/t21-,22-. The van der Waals surface area contributed by atoms with E-state index in [9.17, 15) is 9.59 Å². The van der Waals surface area contributed by atoms with Crippen molar-refractivity contribution >= 4 is 29.4 Å². The molecule has 2 aliphatic heterocycles. The summed E-state index contributed by atoms with van der Waals surface area (Å²) in [6.45, 7) is 8.79. The number of nitrogens with zero attached hydrogens (tertiary/aromatic N) is 5. The number of rotatable bonds is 5. The molecule has 5 rings (SSSR count). The van der Waals surface area contributed by atoms with E-state index in [0.29, 0.717) is 35.1 Å². The zero-order valence-electron chi connectivity index (χ0n) is 23.9. The van der Waals surface area contributed by atoms with Gasteiger partial charge < -0.3 is 24.6 Å².